The van der Waals surface area contributed by atoms with Crippen LogP contribution in [0.3, 0.4) is 0 Å². The van der Waals surface area contributed by atoms with Crippen molar-refractivity contribution in [2.75, 3.05) is 6.54 Å². The first-order valence-electron chi connectivity index (χ1n) is 7.26. The van der Waals surface area contributed by atoms with Crippen LogP contribution in [0.2, 0.25) is 0 Å². The van der Waals surface area contributed by atoms with E-state index in [4.69, 9.17) is 0 Å². The minimum atomic E-state index is 0.470. The summed E-state index contributed by atoms with van der Waals surface area (Å²) in [4.78, 5) is 0. The summed E-state index contributed by atoms with van der Waals surface area (Å²) in [5.41, 5.74) is 0.470. The Kier molecular flexibility index (Phi) is 5.82. The lowest BCUT2D eigenvalue weighted by Crippen LogP contribution is -2.38. The number of nitrogens with one attached hydrogen (secondary N) is 1. The lowest BCUT2D eigenvalue weighted by atomic mass is 9.82. The highest BCUT2D eigenvalue weighted by Gasteiger charge is 2.22. The Morgan fingerprint density at radius 2 is 1.75 bits per heavy atom. The van der Waals surface area contributed by atoms with Gasteiger partial charge in [0.15, 0.2) is 0 Å². The van der Waals surface area contributed by atoms with Crippen LogP contribution < -0.4 is 5.32 Å². The monoisotopic (exact) mass is 225 g/mol. The predicted molar refractivity (Wildman–Crippen MR) is 72.7 cm³/mol. The van der Waals surface area contributed by atoms with Crippen molar-refractivity contribution in [2.45, 2.75) is 78.7 Å². The second-order valence-electron chi connectivity index (χ2n) is 6.68. The molecule has 16 heavy (non-hydrogen) atoms. The van der Waals surface area contributed by atoms with Gasteiger partial charge in [0, 0.05) is 6.04 Å². The van der Waals surface area contributed by atoms with Crippen LogP contribution in [0.4, 0.5) is 0 Å². The molecule has 0 amide bonds. The van der Waals surface area contributed by atoms with Gasteiger partial charge in [0.05, 0.1) is 0 Å². The summed E-state index contributed by atoms with van der Waals surface area (Å²) in [5.74, 6) is 0.957. The summed E-state index contributed by atoms with van der Waals surface area (Å²) >= 11 is 0. The normalized spacial score (nSPS) is 21.0. The molecule has 0 aromatic carbocycles. The van der Waals surface area contributed by atoms with Gasteiger partial charge >= 0.3 is 0 Å². The zero-order valence-corrected chi connectivity index (χ0v) is 11.8. The van der Waals surface area contributed by atoms with Crippen LogP contribution in [-0.4, -0.2) is 12.6 Å². The van der Waals surface area contributed by atoms with Gasteiger partial charge in [-0.25, -0.2) is 0 Å². The lowest BCUT2D eigenvalue weighted by molar-refractivity contribution is 0.251. The van der Waals surface area contributed by atoms with E-state index in [1.165, 1.54) is 51.5 Å². The van der Waals surface area contributed by atoms with E-state index in [1.54, 1.807) is 0 Å². The first-order valence-corrected chi connectivity index (χ1v) is 7.26. The summed E-state index contributed by atoms with van der Waals surface area (Å²) in [6.07, 6.45) is 9.90. The van der Waals surface area contributed by atoms with Crippen molar-refractivity contribution in [1.82, 2.24) is 5.32 Å². The van der Waals surface area contributed by atoms with Crippen LogP contribution in [0.1, 0.15) is 72.6 Å². The molecule has 96 valence electrons. The lowest BCUT2D eigenvalue weighted by Gasteiger charge is -2.31. The maximum absolute atomic E-state index is 3.80. The highest BCUT2D eigenvalue weighted by atomic mass is 14.9. The molecule has 0 bridgehead atoms. The summed E-state index contributed by atoms with van der Waals surface area (Å²) < 4.78 is 0. The Morgan fingerprint density at radius 3 is 2.25 bits per heavy atom. The first kappa shape index (κ1) is 14.0. The molecule has 0 aromatic heterocycles. The second kappa shape index (κ2) is 6.64. The minimum Gasteiger partial charge on any atom is -0.314 e. The van der Waals surface area contributed by atoms with Gasteiger partial charge in [-0.15, -0.1) is 0 Å². The fourth-order valence-electron chi connectivity index (χ4n) is 2.81. The molecular formula is C15H31N. The van der Waals surface area contributed by atoms with Gasteiger partial charge in [0.25, 0.3) is 0 Å². The third-order valence-corrected chi connectivity index (χ3v) is 3.94. The van der Waals surface area contributed by atoms with Gasteiger partial charge in [0.2, 0.25) is 0 Å². The molecule has 1 unspecified atom stereocenters. The molecule has 0 heterocycles. The van der Waals surface area contributed by atoms with Crippen molar-refractivity contribution in [1.29, 1.82) is 0 Å². The van der Waals surface area contributed by atoms with Crippen molar-refractivity contribution in [3.05, 3.63) is 0 Å². The Bertz CT molecular complexity index is 174. The van der Waals surface area contributed by atoms with Crippen LogP contribution >= 0.6 is 0 Å². The van der Waals surface area contributed by atoms with E-state index in [0.717, 1.165) is 12.0 Å². The SMILES string of the molecule is CCC(NCCC(C)(C)C)C1CCCCC1. The molecule has 0 spiro atoms. The van der Waals surface area contributed by atoms with Gasteiger partial charge < -0.3 is 5.32 Å². The van der Waals surface area contributed by atoms with Crippen molar-refractivity contribution < 1.29 is 0 Å². The molecule has 1 rings (SSSR count). The van der Waals surface area contributed by atoms with E-state index < -0.39 is 0 Å². The molecule has 0 aliphatic heterocycles. The standard InChI is InChI=1S/C15H31N/c1-5-14(13-9-7-6-8-10-13)16-12-11-15(2,3)4/h13-14,16H,5-12H2,1-4H3. The summed E-state index contributed by atoms with van der Waals surface area (Å²) in [6.45, 7) is 10.5. The van der Waals surface area contributed by atoms with Crippen LogP contribution in [-0.2, 0) is 0 Å². The van der Waals surface area contributed by atoms with Crippen molar-refractivity contribution in [3.8, 4) is 0 Å². The smallest absolute Gasteiger partial charge is 0.00927 e. The van der Waals surface area contributed by atoms with Crippen LogP contribution in [0.5, 0.6) is 0 Å². The van der Waals surface area contributed by atoms with E-state index in [0.29, 0.717) is 5.41 Å². The third-order valence-electron chi connectivity index (χ3n) is 3.94. The average molecular weight is 225 g/mol. The van der Waals surface area contributed by atoms with E-state index in [9.17, 15) is 0 Å². The molecule has 0 saturated heterocycles. The van der Waals surface area contributed by atoms with Crippen LogP contribution in [0.15, 0.2) is 0 Å². The van der Waals surface area contributed by atoms with Crippen molar-refractivity contribution in [2.24, 2.45) is 11.3 Å². The molecule has 0 radical (unpaired) electrons. The topological polar surface area (TPSA) is 12.0 Å². The maximum Gasteiger partial charge on any atom is 0.00927 e. The second-order valence-corrected chi connectivity index (χ2v) is 6.68. The van der Waals surface area contributed by atoms with Gasteiger partial charge in [-0.1, -0.05) is 47.0 Å². The Morgan fingerprint density at radius 1 is 1.12 bits per heavy atom. The number of rotatable bonds is 5. The predicted octanol–water partition coefficient (Wildman–Crippen LogP) is 4.37. The minimum absolute atomic E-state index is 0.470. The van der Waals surface area contributed by atoms with Gasteiger partial charge in [-0.2, -0.15) is 0 Å². The van der Waals surface area contributed by atoms with Crippen molar-refractivity contribution in [3.63, 3.8) is 0 Å². The van der Waals surface area contributed by atoms with Crippen LogP contribution in [0.25, 0.3) is 0 Å². The maximum atomic E-state index is 3.80. The molecular weight excluding hydrogens is 194 g/mol. The zero-order valence-electron chi connectivity index (χ0n) is 11.8. The van der Waals surface area contributed by atoms with Gasteiger partial charge in [-0.3, -0.25) is 0 Å². The molecule has 1 nitrogen and oxygen atoms in total. The zero-order chi connectivity index (χ0) is 12.0. The number of hydrogen-bond acceptors (Lipinski definition) is 1. The number of hydrogen-bond donors (Lipinski definition) is 1. The largest absolute Gasteiger partial charge is 0.314 e. The molecule has 1 atom stereocenters. The molecule has 1 N–H and O–H groups in total. The van der Waals surface area contributed by atoms with Gasteiger partial charge in [0.1, 0.15) is 0 Å². The molecule has 1 saturated carbocycles. The van der Waals surface area contributed by atoms with E-state index in [1.807, 2.05) is 0 Å². The molecule has 0 aromatic rings. The molecule has 1 aliphatic carbocycles. The van der Waals surface area contributed by atoms with E-state index in [2.05, 4.69) is 33.0 Å². The third kappa shape index (κ3) is 5.34. The molecule has 1 aliphatic rings. The summed E-state index contributed by atoms with van der Waals surface area (Å²) in [6, 6.07) is 0.780. The Balaban J connectivity index is 2.25. The fourth-order valence-corrected chi connectivity index (χ4v) is 2.81. The summed E-state index contributed by atoms with van der Waals surface area (Å²) in [7, 11) is 0. The fraction of sp³-hybridized carbons (Fsp3) is 1.00. The van der Waals surface area contributed by atoms with E-state index in [-0.39, 0.29) is 0 Å². The van der Waals surface area contributed by atoms with Crippen LogP contribution in [0, 0.1) is 11.3 Å². The molecule has 1 heteroatoms. The molecule has 1 fully saturated rings. The highest BCUT2D eigenvalue weighted by molar-refractivity contribution is 4.79. The average Bonchev–Trinajstić information content (AvgIpc) is 2.24. The summed E-state index contributed by atoms with van der Waals surface area (Å²) in [5, 5.41) is 3.80. The first-order chi connectivity index (χ1) is 7.53. The Labute approximate surface area is 102 Å². The van der Waals surface area contributed by atoms with Gasteiger partial charge in [-0.05, 0) is 43.6 Å². The Hall–Kier alpha value is -0.0400. The van der Waals surface area contributed by atoms with E-state index >= 15 is 0 Å². The highest BCUT2D eigenvalue weighted by Crippen LogP contribution is 2.28. The van der Waals surface area contributed by atoms with Crippen molar-refractivity contribution >= 4 is 0 Å². The quantitative estimate of drug-likeness (QED) is 0.732.